The maximum atomic E-state index is 12.3. The molecule has 1 aromatic carbocycles. The number of Topliss-reactive ketones (excluding diaryl/α,β-unsaturated/α-hetero) is 1. The van der Waals surface area contributed by atoms with E-state index in [1.54, 1.807) is 18.2 Å². The van der Waals surface area contributed by atoms with Gasteiger partial charge in [0.15, 0.2) is 5.76 Å². The molecule has 0 unspecified atom stereocenters. The van der Waals surface area contributed by atoms with Gasteiger partial charge in [-0.15, -0.1) is 0 Å². The van der Waals surface area contributed by atoms with Crippen LogP contribution in [0.2, 0.25) is 5.02 Å². The van der Waals surface area contributed by atoms with Gasteiger partial charge in [0.25, 0.3) is 0 Å². The van der Waals surface area contributed by atoms with Gasteiger partial charge in [-0.1, -0.05) is 17.7 Å². The van der Waals surface area contributed by atoms with Crippen molar-refractivity contribution < 1.29 is 9.21 Å². The monoisotopic (exact) mass is 260 g/mol. The second-order valence-corrected chi connectivity index (χ2v) is 5.03. The molecule has 0 spiro atoms. The Kier molecular flexibility index (Phi) is 2.96. The van der Waals surface area contributed by atoms with Crippen LogP contribution >= 0.6 is 11.6 Å². The summed E-state index contributed by atoms with van der Waals surface area (Å²) in [5, 5.41) is 1.53. The summed E-state index contributed by atoms with van der Waals surface area (Å²) in [5.41, 5.74) is 1.59. The molecular formula is C15H13ClO2. The summed E-state index contributed by atoms with van der Waals surface area (Å²) in [6.07, 6.45) is 6.14. The molecule has 0 saturated heterocycles. The molecule has 0 radical (unpaired) electrons. The summed E-state index contributed by atoms with van der Waals surface area (Å²) in [7, 11) is 0. The number of allylic oxidation sites excluding steroid dienone is 2. The Morgan fingerprint density at radius 3 is 2.89 bits per heavy atom. The minimum atomic E-state index is 0.0158. The highest BCUT2D eigenvalue weighted by molar-refractivity contribution is 6.31. The molecule has 1 aromatic heterocycles. The summed E-state index contributed by atoms with van der Waals surface area (Å²) >= 11 is 5.92. The molecule has 0 bridgehead atoms. The Hall–Kier alpha value is -1.54. The smallest absolute Gasteiger partial charge is 0.223 e. The van der Waals surface area contributed by atoms with Crippen LogP contribution in [0.25, 0.3) is 11.0 Å². The zero-order chi connectivity index (χ0) is 12.5. The van der Waals surface area contributed by atoms with E-state index in [2.05, 4.69) is 0 Å². The molecule has 92 valence electrons. The normalized spacial score (nSPS) is 15.7. The number of hydrogen-bond donors (Lipinski definition) is 0. The maximum absolute atomic E-state index is 12.3. The van der Waals surface area contributed by atoms with E-state index in [4.69, 9.17) is 16.0 Å². The Morgan fingerprint density at radius 1 is 1.22 bits per heavy atom. The number of halogens is 1. The summed E-state index contributed by atoms with van der Waals surface area (Å²) in [6, 6.07) is 7.15. The van der Waals surface area contributed by atoms with E-state index in [0.29, 0.717) is 16.4 Å². The van der Waals surface area contributed by atoms with E-state index < -0.39 is 0 Å². The molecule has 2 nitrogen and oxygen atoms in total. The molecule has 1 aliphatic carbocycles. The zero-order valence-corrected chi connectivity index (χ0v) is 10.7. The van der Waals surface area contributed by atoms with Crippen LogP contribution in [-0.2, 0) is 0 Å². The van der Waals surface area contributed by atoms with Crippen molar-refractivity contribution in [1.29, 1.82) is 0 Å². The van der Waals surface area contributed by atoms with Gasteiger partial charge >= 0.3 is 0 Å². The van der Waals surface area contributed by atoms with Gasteiger partial charge in [0.2, 0.25) is 5.78 Å². The molecule has 0 amide bonds. The predicted molar refractivity (Wildman–Crippen MR) is 72.1 cm³/mol. The number of carbonyl (C=O) groups is 1. The highest BCUT2D eigenvalue weighted by atomic mass is 35.5. The molecule has 0 N–H and O–H groups in total. The third kappa shape index (κ3) is 2.08. The van der Waals surface area contributed by atoms with Crippen LogP contribution in [0.5, 0.6) is 0 Å². The number of benzene rings is 1. The van der Waals surface area contributed by atoms with Gasteiger partial charge in [-0.2, -0.15) is 0 Å². The van der Waals surface area contributed by atoms with Crippen LogP contribution < -0.4 is 0 Å². The first-order valence-corrected chi connectivity index (χ1v) is 6.55. The fourth-order valence-electron chi connectivity index (χ4n) is 2.33. The number of hydrogen-bond acceptors (Lipinski definition) is 2. The van der Waals surface area contributed by atoms with E-state index in [9.17, 15) is 4.79 Å². The summed E-state index contributed by atoms with van der Waals surface area (Å²) in [6.45, 7) is 0. The minimum absolute atomic E-state index is 0.0158. The first kappa shape index (κ1) is 11.5. The van der Waals surface area contributed by atoms with Crippen molar-refractivity contribution in [2.24, 2.45) is 0 Å². The van der Waals surface area contributed by atoms with E-state index in [0.717, 1.165) is 30.2 Å². The Morgan fingerprint density at radius 2 is 2.11 bits per heavy atom. The van der Waals surface area contributed by atoms with Crippen LogP contribution in [0.3, 0.4) is 0 Å². The lowest BCUT2D eigenvalue weighted by atomic mass is 9.95. The van der Waals surface area contributed by atoms with Crippen LogP contribution in [0.15, 0.2) is 40.3 Å². The first-order valence-electron chi connectivity index (χ1n) is 6.17. The molecule has 1 heterocycles. The number of fused-ring (bicyclic) bond motifs is 1. The third-order valence-electron chi connectivity index (χ3n) is 3.28. The summed E-state index contributed by atoms with van der Waals surface area (Å²) < 4.78 is 5.59. The highest BCUT2D eigenvalue weighted by Gasteiger charge is 2.18. The lowest BCUT2D eigenvalue weighted by Crippen LogP contribution is -2.05. The Bertz CT molecular complexity index is 637. The number of furan rings is 1. The van der Waals surface area contributed by atoms with Crippen molar-refractivity contribution in [2.75, 3.05) is 0 Å². The second kappa shape index (κ2) is 4.62. The average molecular weight is 261 g/mol. The second-order valence-electron chi connectivity index (χ2n) is 4.60. The van der Waals surface area contributed by atoms with E-state index in [1.807, 2.05) is 12.1 Å². The average Bonchev–Trinajstić information content (AvgIpc) is 2.81. The largest absolute Gasteiger partial charge is 0.453 e. The fourth-order valence-corrected chi connectivity index (χ4v) is 2.51. The number of carbonyl (C=O) groups excluding carboxylic acids is 1. The Labute approximate surface area is 110 Å². The molecule has 1 aliphatic rings. The van der Waals surface area contributed by atoms with Crippen molar-refractivity contribution in [3.05, 3.63) is 46.7 Å². The van der Waals surface area contributed by atoms with Crippen LogP contribution in [0, 0.1) is 0 Å². The van der Waals surface area contributed by atoms with Crippen LogP contribution in [0.1, 0.15) is 36.2 Å². The molecule has 2 aromatic rings. The standard InChI is InChI=1S/C15H13ClO2/c16-12-6-7-13-11(8-12)9-14(18-13)15(17)10-4-2-1-3-5-10/h4,6-9H,1-3,5H2. The van der Waals surface area contributed by atoms with Gasteiger partial charge in [-0.25, -0.2) is 0 Å². The van der Waals surface area contributed by atoms with Crippen LogP contribution in [-0.4, -0.2) is 5.78 Å². The maximum Gasteiger partial charge on any atom is 0.223 e. The number of rotatable bonds is 2. The van der Waals surface area contributed by atoms with Gasteiger partial charge in [-0.3, -0.25) is 4.79 Å². The highest BCUT2D eigenvalue weighted by Crippen LogP contribution is 2.27. The van der Waals surface area contributed by atoms with Crippen molar-refractivity contribution >= 4 is 28.4 Å². The molecule has 3 rings (SSSR count). The Balaban J connectivity index is 1.98. The molecule has 3 heteroatoms. The quantitative estimate of drug-likeness (QED) is 0.728. The van der Waals surface area contributed by atoms with E-state index in [-0.39, 0.29) is 5.78 Å². The minimum Gasteiger partial charge on any atom is -0.453 e. The third-order valence-corrected chi connectivity index (χ3v) is 3.52. The van der Waals surface area contributed by atoms with Gasteiger partial charge in [0, 0.05) is 10.4 Å². The molecule has 18 heavy (non-hydrogen) atoms. The first-order chi connectivity index (χ1) is 8.74. The van der Waals surface area contributed by atoms with Gasteiger partial charge < -0.3 is 4.42 Å². The fraction of sp³-hybridized carbons (Fsp3) is 0.267. The van der Waals surface area contributed by atoms with Crippen molar-refractivity contribution in [2.45, 2.75) is 25.7 Å². The SMILES string of the molecule is O=C(C1=CCCCC1)c1cc2cc(Cl)ccc2o1. The molecule has 0 saturated carbocycles. The lowest BCUT2D eigenvalue weighted by molar-refractivity contribution is 0.100. The van der Waals surface area contributed by atoms with E-state index in [1.165, 1.54) is 6.42 Å². The van der Waals surface area contributed by atoms with Crippen molar-refractivity contribution in [3.8, 4) is 0 Å². The lowest BCUT2D eigenvalue weighted by Gasteiger charge is -2.09. The molecule has 0 atom stereocenters. The molecule has 0 aliphatic heterocycles. The van der Waals surface area contributed by atoms with E-state index >= 15 is 0 Å². The van der Waals surface area contributed by atoms with Crippen LogP contribution in [0.4, 0.5) is 0 Å². The van der Waals surface area contributed by atoms with Gasteiger partial charge in [-0.05, 0) is 55.5 Å². The zero-order valence-electron chi connectivity index (χ0n) is 9.91. The van der Waals surface area contributed by atoms with Gasteiger partial charge in [0.1, 0.15) is 5.58 Å². The topological polar surface area (TPSA) is 30.2 Å². The molecule has 0 fully saturated rings. The van der Waals surface area contributed by atoms with Crippen molar-refractivity contribution in [1.82, 2.24) is 0 Å². The molecular weight excluding hydrogens is 248 g/mol. The summed E-state index contributed by atoms with van der Waals surface area (Å²) in [5.74, 6) is 0.433. The van der Waals surface area contributed by atoms with Crippen molar-refractivity contribution in [3.63, 3.8) is 0 Å². The summed E-state index contributed by atoms with van der Waals surface area (Å²) in [4.78, 5) is 12.3. The van der Waals surface area contributed by atoms with Gasteiger partial charge in [0.05, 0.1) is 0 Å². The predicted octanol–water partition coefficient (Wildman–Crippen LogP) is 4.77. The number of ketones is 1.